The van der Waals surface area contributed by atoms with Crippen molar-refractivity contribution in [3.05, 3.63) is 0 Å². The van der Waals surface area contributed by atoms with Gasteiger partial charge in [-0.1, -0.05) is 19.3 Å². The molecule has 5 atom stereocenters. The number of ether oxygens (including phenoxy) is 1. The average molecular weight is 207 g/mol. The third-order valence-corrected chi connectivity index (χ3v) is 5.78. The van der Waals surface area contributed by atoms with Crippen LogP contribution in [0.1, 0.15) is 51.4 Å². The largest absolute Gasteiger partial charge is 0.362 e. The van der Waals surface area contributed by atoms with Crippen LogP contribution < -0.4 is 5.73 Å². The van der Waals surface area contributed by atoms with Crippen molar-refractivity contribution < 1.29 is 4.74 Å². The molecule has 0 amide bonds. The van der Waals surface area contributed by atoms with Crippen LogP contribution in [0.2, 0.25) is 0 Å². The summed E-state index contributed by atoms with van der Waals surface area (Å²) in [5, 5.41) is 0. The SMILES string of the molecule is N[C@H]1[C@@H]2CCC[C@H]1[C@]13CCCC[C@@]1(C2)O3. The first-order valence-corrected chi connectivity index (χ1v) is 6.73. The number of rotatable bonds is 0. The van der Waals surface area contributed by atoms with Gasteiger partial charge in [0.25, 0.3) is 0 Å². The normalized spacial score (nSPS) is 61.8. The van der Waals surface area contributed by atoms with Gasteiger partial charge < -0.3 is 10.5 Å². The van der Waals surface area contributed by atoms with Crippen molar-refractivity contribution in [2.45, 2.75) is 68.6 Å². The Morgan fingerprint density at radius 2 is 1.93 bits per heavy atom. The molecule has 0 spiro atoms. The van der Waals surface area contributed by atoms with Gasteiger partial charge in [-0.05, 0) is 38.0 Å². The lowest BCUT2D eigenvalue weighted by atomic mass is 9.56. The summed E-state index contributed by atoms with van der Waals surface area (Å²) in [6.45, 7) is 0. The van der Waals surface area contributed by atoms with Crippen molar-refractivity contribution in [1.82, 2.24) is 0 Å². The monoisotopic (exact) mass is 207 g/mol. The molecule has 2 bridgehead atoms. The van der Waals surface area contributed by atoms with E-state index >= 15 is 0 Å². The third-order valence-electron chi connectivity index (χ3n) is 5.78. The van der Waals surface area contributed by atoms with Crippen LogP contribution in [0.5, 0.6) is 0 Å². The molecule has 84 valence electrons. The van der Waals surface area contributed by atoms with E-state index in [1.54, 1.807) is 0 Å². The molecule has 1 saturated heterocycles. The molecule has 2 nitrogen and oxygen atoms in total. The summed E-state index contributed by atoms with van der Waals surface area (Å²) in [5.74, 6) is 1.47. The van der Waals surface area contributed by atoms with Crippen molar-refractivity contribution >= 4 is 0 Å². The minimum absolute atomic E-state index is 0.265. The Labute approximate surface area is 91.5 Å². The minimum Gasteiger partial charge on any atom is -0.362 e. The van der Waals surface area contributed by atoms with E-state index in [4.69, 9.17) is 10.5 Å². The van der Waals surface area contributed by atoms with E-state index in [2.05, 4.69) is 0 Å². The highest BCUT2D eigenvalue weighted by atomic mass is 16.6. The van der Waals surface area contributed by atoms with E-state index in [0.717, 1.165) is 5.92 Å². The zero-order valence-corrected chi connectivity index (χ0v) is 9.37. The quantitative estimate of drug-likeness (QED) is 0.618. The van der Waals surface area contributed by atoms with Crippen molar-refractivity contribution in [2.75, 3.05) is 0 Å². The summed E-state index contributed by atoms with van der Waals surface area (Å²) in [7, 11) is 0. The lowest BCUT2D eigenvalue weighted by Gasteiger charge is -2.47. The van der Waals surface area contributed by atoms with Gasteiger partial charge >= 0.3 is 0 Å². The van der Waals surface area contributed by atoms with Crippen LogP contribution in [0.25, 0.3) is 0 Å². The highest BCUT2D eigenvalue weighted by molar-refractivity contribution is 5.26. The molecule has 4 rings (SSSR count). The van der Waals surface area contributed by atoms with Gasteiger partial charge in [0.2, 0.25) is 0 Å². The van der Waals surface area contributed by atoms with E-state index < -0.39 is 0 Å². The molecule has 4 aliphatic rings. The van der Waals surface area contributed by atoms with E-state index in [1.165, 1.54) is 51.4 Å². The van der Waals surface area contributed by atoms with Crippen LogP contribution >= 0.6 is 0 Å². The van der Waals surface area contributed by atoms with Crippen LogP contribution in [-0.2, 0) is 4.74 Å². The molecule has 2 N–H and O–H groups in total. The third kappa shape index (κ3) is 0.898. The second-order valence-corrected chi connectivity index (χ2v) is 6.27. The number of hydrogen-bond acceptors (Lipinski definition) is 2. The Balaban J connectivity index is 1.74. The maximum Gasteiger partial charge on any atom is 0.102 e. The molecule has 3 saturated carbocycles. The van der Waals surface area contributed by atoms with Crippen LogP contribution in [0.3, 0.4) is 0 Å². The molecule has 4 fully saturated rings. The van der Waals surface area contributed by atoms with Gasteiger partial charge in [0.1, 0.15) is 5.60 Å². The number of fused-ring (bicyclic) bond motifs is 2. The molecule has 0 aromatic heterocycles. The highest BCUT2D eigenvalue weighted by Gasteiger charge is 2.77. The molecule has 15 heavy (non-hydrogen) atoms. The predicted molar refractivity (Wildman–Crippen MR) is 58.4 cm³/mol. The molecule has 2 heteroatoms. The van der Waals surface area contributed by atoms with Crippen LogP contribution in [0.4, 0.5) is 0 Å². The summed E-state index contributed by atoms with van der Waals surface area (Å²) >= 11 is 0. The molecule has 1 heterocycles. The molecule has 3 aliphatic carbocycles. The van der Waals surface area contributed by atoms with Crippen LogP contribution in [-0.4, -0.2) is 17.2 Å². The summed E-state index contributed by atoms with van der Waals surface area (Å²) in [6.07, 6.45) is 10.8. The Morgan fingerprint density at radius 3 is 2.87 bits per heavy atom. The summed E-state index contributed by atoms with van der Waals surface area (Å²) in [6, 6.07) is 0.451. The maximum absolute atomic E-state index is 6.42. The second-order valence-electron chi connectivity index (χ2n) is 6.27. The number of hydrogen-bond donors (Lipinski definition) is 1. The average Bonchev–Trinajstić information content (AvgIpc) is 2.88. The smallest absolute Gasteiger partial charge is 0.102 e. The van der Waals surface area contributed by atoms with Crippen molar-refractivity contribution in [1.29, 1.82) is 0 Å². The van der Waals surface area contributed by atoms with Crippen LogP contribution in [0, 0.1) is 11.8 Å². The Kier molecular flexibility index (Phi) is 1.56. The molecular formula is C13H21NO. The standard InChI is InChI=1S/C13H21NO/c14-11-9-4-3-5-10(11)13-7-2-1-6-12(13,8-9)15-13/h9-11H,1-8,14H2/t9-,10-,11+,12+,13-/m1/s1. The van der Waals surface area contributed by atoms with E-state index in [1.807, 2.05) is 0 Å². The molecular weight excluding hydrogens is 186 g/mol. The fourth-order valence-corrected chi connectivity index (χ4v) is 5.10. The highest BCUT2D eigenvalue weighted by Crippen LogP contribution is 2.69. The van der Waals surface area contributed by atoms with Crippen molar-refractivity contribution in [3.63, 3.8) is 0 Å². The fraction of sp³-hybridized carbons (Fsp3) is 1.00. The number of nitrogens with two attached hydrogens (primary N) is 1. The molecule has 0 radical (unpaired) electrons. The fourth-order valence-electron chi connectivity index (χ4n) is 5.10. The van der Waals surface area contributed by atoms with Crippen molar-refractivity contribution in [3.8, 4) is 0 Å². The second kappa shape index (κ2) is 2.60. The first kappa shape index (κ1) is 9.00. The lowest BCUT2D eigenvalue weighted by Crippen LogP contribution is -2.56. The van der Waals surface area contributed by atoms with Gasteiger partial charge in [-0.25, -0.2) is 0 Å². The summed E-state index contributed by atoms with van der Waals surface area (Å²) in [4.78, 5) is 0. The predicted octanol–water partition coefficient (Wildman–Crippen LogP) is 2.22. The minimum atomic E-state index is 0.265. The Bertz CT molecular complexity index is 305. The summed E-state index contributed by atoms with van der Waals surface area (Å²) < 4.78 is 6.32. The molecule has 0 aromatic rings. The zero-order chi connectivity index (χ0) is 10.1. The first-order valence-electron chi connectivity index (χ1n) is 6.73. The van der Waals surface area contributed by atoms with E-state index in [0.29, 0.717) is 17.6 Å². The Morgan fingerprint density at radius 1 is 1.07 bits per heavy atom. The van der Waals surface area contributed by atoms with E-state index in [9.17, 15) is 0 Å². The first-order chi connectivity index (χ1) is 7.28. The Hall–Kier alpha value is -0.0800. The van der Waals surface area contributed by atoms with Gasteiger partial charge in [-0.15, -0.1) is 0 Å². The molecule has 0 aromatic carbocycles. The summed E-state index contributed by atoms with van der Waals surface area (Å²) in [5.41, 5.74) is 7.00. The number of epoxide rings is 1. The maximum atomic E-state index is 6.42. The van der Waals surface area contributed by atoms with Gasteiger partial charge in [-0.3, -0.25) is 0 Å². The van der Waals surface area contributed by atoms with Gasteiger partial charge in [0, 0.05) is 12.0 Å². The van der Waals surface area contributed by atoms with Crippen LogP contribution in [0.15, 0.2) is 0 Å². The molecule has 0 unspecified atom stereocenters. The van der Waals surface area contributed by atoms with Gasteiger partial charge in [-0.2, -0.15) is 0 Å². The van der Waals surface area contributed by atoms with Gasteiger partial charge in [0.15, 0.2) is 0 Å². The lowest BCUT2D eigenvalue weighted by molar-refractivity contribution is 0.0821. The zero-order valence-electron chi connectivity index (χ0n) is 9.37. The van der Waals surface area contributed by atoms with E-state index in [-0.39, 0.29) is 5.60 Å². The van der Waals surface area contributed by atoms with Crippen molar-refractivity contribution in [2.24, 2.45) is 17.6 Å². The topological polar surface area (TPSA) is 38.5 Å². The van der Waals surface area contributed by atoms with Gasteiger partial charge in [0.05, 0.1) is 5.60 Å². The molecule has 1 aliphatic heterocycles.